The van der Waals surface area contributed by atoms with Crippen LogP contribution >= 0.6 is 11.6 Å². The number of hydrogen-bond donors (Lipinski definition) is 0. The number of hydrogen-bond acceptors (Lipinski definition) is 1. The van der Waals surface area contributed by atoms with E-state index in [1.54, 1.807) is 0 Å². The number of halogens is 1. The summed E-state index contributed by atoms with van der Waals surface area (Å²) >= 11 is 6.72. The highest BCUT2D eigenvalue weighted by molar-refractivity contribution is 6.36. The van der Waals surface area contributed by atoms with Crippen molar-refractivity contribution in [1.82, 2.24) is 9.55 Å². The molecule has 0 unspecified atom stereocenters. The van der Waals surface area contributed by atoms with Crippen molar-refractivity contribution < 1.29 is 0 Å². The van der Waals surface area contributed by atoms with Gasteiger partial charge in [-0.05, 0) is 59.7 Å². The molecule has 0 saturated heterocycles. The molecule has 0 spiro atoms. The second-order valence-electron chi connectivity index (χ2n) is 10.6. The minimum atomic E-state index is 0.648. The molecule has 7 aromatic rings. The van der Waals surface area contributed by atoms with Crippen molar-refractivity contribution >= 4 is 55.1 Å². The first kappa shape index (κ1) is 23.9. The first-order valence-electron chi connectivity index (χ1n) is 13.7. The highest BCUT2D eigenvalue weighted by Crippen LogP contribution is 2.41. The van der Waals surface area contributed by atoms with Gasteiger partial charge in [0.15, 0.2) is 0 Å². The molecule has 1 atom stereocenters. The number of pyridine rings is 1. The van der Waals surface area contributed by atoms with Gasteiger partial charge in [0, 0.05) is 32.8 Å². The molecule has 0 fully saturated rings. The van der Waals surface area contributed by atoms with Crippen LogP contribution in [0.3, 0.4) is 0 Å². The summed E-state index contributed by atoms with van der Waals surface area (Å²) < 4.78 is 2.42. The van der Waals surface area contributed by atoms with Crippen LogP contribution in [0.15, 0.2) is 109 Å². The van der Waals surface area contributed by atoms with Crippen molar-refractivity contribution in [3.8, 4) is 16.9 Å². The molecule has 0 saturated carbocycles. The highest BCUT2D eigenvalue weighted by atomic mass is 35.5. The Morgan fingerprint density at radius 2 is 1.44 bits per heavy atom. The second kappa shape index (κ2) is 9.55. The molecule has 0 radical (unpaired) electrons. The van der Waals surface area contributed by atoms with Gasteiger partial charge in [-0.25, -0.2) is 4.98 Å². The molecule has 7 rings (SSSR count). The first-order valence-corrected chi connectivity index (χ1v) is 14.1. The molecule has 0 amide bonds. The zero-order chi connectivity index (χ0) is 26.5. The van der Waals surface area contributed by atoms with Crippen LogP contribution < -0.4 is 0 Å². The van der Waals surface area contributed by atoms with Crippen molar-refractivity contribution in [2.45, 2.75) is 26.7 Å². The zero-order valence-electron chi connectivity index (χ0n) is 22.2. The van der Waals surface area contributed by atoms with Gasteiger partial charge in [-0.15, -0.1) is 0 Å². The van der Waals surface area contributed by atoms with Gasteiger partial charge in [-0.2, -0.15) is 0 Å². The van der Waals surface area contributed by atoms with Gasteiger partial charge >= 0.3 is 0 Å². The Morgan fingerprint density at radius 1 is 0.692 bits per heavy atom. The average Bonchev–Trinajstić information content (AvgIpc) is 3.29. The molecular weight excluding hydrogens is 496 g/mol. The second-order valence-corrected chi connectivity index (χ2v) is 11.0. The van der Waals surface area contributed by atoms with Crippen LogP contribution in [0.2, 0.25) is 5.02 Å². The van der Waals surface area contributed by atoms with Crippen LogP contribution in [0, 0.1) is 5.92 Å². The van der Waals surface area contributed by atoms with Crippen LogP contribution in [0.25, 0.3) is 60.4 Å². The van der Waals surface area contributed by atoms with Gasteiger partial charge in [-0.1, -0.05) is 105 Å². The minimum absolute atomic E-state index is 0.648. The fourth-order valence-corrected chi connectivity index (χ4v) is 6.11. The molecule has 3 heteroatoms. The Balaban J connectivity index is 1.64. The highest BCUT2D eigenvalue weighted by Gasteiger charge is 2.18. The Kier molecular flexibility index (Phi) is 5.86. The predicted octanol–water partition coefficient (Wildman–Crippen LogP) is 10.4. The van der Waals surface area contributed by atoms with E-state index in [1.165, 1.54) is 39.2 Å². The van der Waals surface area contributed by atoms with Crippen LogP contribution in [0.5, 0.6) is 0 Å². The van der Waals surface area contributed by atoms with Gasteiger partial charge in [0.1, 0.15) is 0 Å². The van der Waals surface area contributed by atoms with Crippen LogP contribution in [0.1, 0.15) is 25.8 Å². The van der Waals surface area contributed by atoms with Gasteiger partial charge in [0.05, 0.1) is 27.3 Å². The maximum Gasteiger partial charge on any atom is 0.0902 e. The molecule has 2 nitrogen and oxygen atoms in total. The molecule has 0 aliphatic heterocycles. The summed E-state index contributed by atoms with van der Waals surface area (Å²) in [5.74, 6) is 0.648. The van der Waals surface area contributed by atoms with E-state index in [0.29, 0.717) is 10.9 Å². The predicted molar refractivity (Wildman–Crippen MR) is 167 cm³/mol. The Bertz CT molecular complexity index is 1990. The largest absolute Gasteiger partial charge is 0.309 e. The molecule has 39 heavy (non-hydrogen) atoms. The summed E-state index contributed by atoms with van der Waals surface area (Å²) in [6.45, 7) is 4.60. The molecule has 2 heterocycles. The summed E-state index contributed by atoms with van der Waals surface area (Å²) in [5.41, 5.74) is 7.85. The third kappa shape index (κ3) is 3.99. The number of fused-ring (bicyclic) bond motifs is 6. The van der Waals surface area contributed by atoms with Crippen molar-refractivity contribution in [2.75, 3.05) is 0 Å². The Morgan fingerprint density at radius 3 is 2.21 bits per heavy atom. The minimum Gasteiger partial charge on any atom is -0.309 e. The van der Waals surface area contributed by atoms with Crippen molar-refractivity contribution in [1.29, 1.82) is 0 Å². The summed E-state index contributed by atoms with van der Waals surface area (Å²) in [5, 5.41) is 6.55. The topological polar surface area (TPSA) is 17.8 Å². The van der Waals surface area contributed by atoms with E-state index < -0.39 is 0 Å². The number of nitrogens with zero attached hydrogens (tertiary/aromatic N) is 2. The quantitative estimate of drug-likeness (QED) is 0.205. The monoisotopic (exact) mass is 524 g/mol. The summed E-state index contributed by atoms with van der Waals surface area (Å²) in [7, 11) is 0. The number of para-hydroxylation sites is 2. The van der Waals surface area contributed by atoms with Gasteiger partial charge < -0.3 is 4.57 Å². The normalized spacial score (nSPS) is 12.6. The maximum absolute atomic E-state index is 6.72. The Labute approximate surface area is 233 Å². The number of rotatable bonds is 5. The van der Waals surface area contributed by atoms with Crippen molar-refractivity contribution in [3.63, 3.8) is 0 Å². The summed E-state index contributed by atoms with van der Waals surface area (Å²) in [6, 6.07) is 38.9. The van der Waals surface area contributed by atoms with Gasteiger partial charge in [0.25, 0.3) is 0 Å². The molecule has 5 aromatic carbocycles. The fourth-order valence-electron chi connectivity index (χ4n) is 5.89. The van der Waals surface area contributed by atoms with E-state index in [2.05, 4.69) is 109 Å². The van der Waals surface area contributed by atoms with E-state index in [1.807, 2.05) is 18.2 Å². The van der Waals surface area contributed by atoms with E-state index in [0.717, 1.165) is 39.7 Å². The number of aromatic nitrogens is 2. The molecular formula is C36H29ClN2. The number of benzene rings is 5. The third-order valence-corrected chi connectivity index (χ3v) is 8.37. The lowest BCUT2D eigenvalue weighted by molar-refractivity contribution is 0.560. The Hall–Kier alpha value is -4.14. The van der Waals surface area contributed by atoms with Gasteiger partial charge in [0.2, 0.25) is 0 Å². The molecule has 190 valence electrons. The SMILES string of the molecule is CC[C@H](C)Cc1ccc2c3cc4c(cc3n(-c3ccccc3)c2c1)c(-c1ccccc1)nc1c(Cl)cccc14. The van der Waals surface area contributed by atoms with Crippen LogP contribution in [-0.4, -0.2) is 9.55 Å². The summed E-state index contributed by atoms with van der Waals surface area (Å²) in [6.07, 6.45) is 2.26. The summed E-state index contributed by atoms with van der Waals surface area (Å²) in [4.78, 5) is 5.15. The standard InChI is InChI=1S/C36H29ClN2/c1-3-23(2)19-24-17-18-27-30-21-29-28-15-10-16-32(37)36(28)38-35(25-11-6-4-7-12-25)31(29)22-34(30)39(33(27)20-24)26-13-8-5-9-14-26/h4-18,20-23H,3,19H2,1-2H3/t23-/m0/s1. The van der Waals surface area contributed by atoms with Crippen LogP contribution in [-0.2, 0) is 6.42 Å². The smallest absolute Gasteiger partial charge is 0.0902 e. The lowest BCUT2D eigenvalue weighted by Crippen LogP contribution is -1.99. The zero-order valence-corrected chi connectivity index (χ0v) is 22.9. The van der Waals surface area contributed by atoms with Crippen molar-refractivity contribution in [3.05, 3.63) is 120 Å². The van der Waals surface area contributed by atoms with E-state index >= 15 is 0 Å². The lowest BCUT2D eigenvalue weighted by Gasteiger charge is -2.13. The molecule has 0 bridgehead atoms. The fraction of sp³-hybridized carbons (Fsp3) is 0.139. The molecule has 0 aliphatic rings. The van der Waals surface area contributed by atoms with Crippen molar-refractivity contribution in [2.24, 2.45) is 5.92 Å². The molecule has 0 N–H and O–H groups in total. The maximum atomic E-state index is 6.72. The van der Waals surface area contributed by atoms with E-state index in [4.69, 9.17) is 16.6 Å². The third-order valence-electron chi connectivity index (χ3n) is 8.07. The molecule has 0 aliphatic carbocycles. The lowest BCUT2D eigenvalue weighted by atomic mass is 9.96. The molecule has 2 aromatic heterocycles. The van der Waals surface area contributed by atoms with E-state index in [-0.39, 0.29) is 0 Å². The average molecular weight is 525 g/mol. The van der Waals surface area contributed by atoms with Gasteiger partial charge in [-0.3, -0.25) is 0 Å². The van der Waals surface area contributed by atoms with Crippen LogP contribution in [0.4, 0.5) is 0 Å². The van der Waals surface area contributed by atoms with E-state index in [9.17, 15) is 0 Å². The first-order chi connectivity index (χ1) is 19.1.